The molecule has 3 aromatic heterocycles. The maximum Gasteiger partial charge on any atom is 0.256 e. The topological polar surface area (TPSA) is 88.9 Å². The zero-order chi connectivity index (χ0) is 20.4. The van der Waals surface area contributed by atoms with Crippen LogP contribution in [0.1, 0.15) is 24.2 Å². The molecule has 0 unspecified atom stereocenters. The number of carbonyl (C=O) groups excluding carboxylic acids is 2. The third-order valence-electron chi connectivity index (χ3n) is 4.39. The van der Waals surface area contributed by atoms with E-state index >= 15 is 0 Å². The van der Waals surface area contributed by atoms with Gasteiger partial charge in [0.2, 0.25) is 5.91 Å². The lowest BCUT2D eigenvalue weighted by molar-refractivity contribution is -0.114. The molecule has 7 nitrogen and oxygen atoms in total. The van der Waals surface area contributed by atoms with Crippen LogP contribution in [0.15, 0.2) is 54.0 Å². The van der Waals surface area contributed by atoms with Crippen molar-refractivity contribution in [1.82, 2.24) is 14.8 Å². The smallest absolute Gasteiger partial charge is 0.256 e. The fraction of sp³-hybridized carbons (Fsp3) is 0.143. The number of aryl methyl sites for hydroxylation is 1. The monoisotopic (exact) mass is 405 g/mol. The van der Waals surface area contributed by atoms with Crippen LogP contribution in [0.2, 0.25) is 0 Å². The molecule has 0 bridgehead atoms. The van der Waals surface area contributed by atoms with Crippen LogP contribution in [-0.2, 0) is 11.3 Å². The van der Waals surface area contributed by atoms with Gasteiger partial charge in [-0.05, 0) is 48.7 Å². The number of aromatic nitrogens is 3. The Morgan fingerprint density at radius 2 is 1.83 bits per heavy atom. The fourth-order valence-corrected chi connectivity index (χ4v) is 3.74. The average molecular weight is 405 g/mol. The third kappa shape index (κ3) is 3.88. The summed E-state index contributed by atoms with van der Waals surface area (Å²) in [6, 6.07) is 12.7. The summed E-state index contributed by atoms with van der Waals surface area (Å²) in [5.74, 6) is -0.381. The van der Waals surface area contributed by atoms with Crippen molar-refractivity contribution in [3.05, 3.63) is 59.6 Å². The van der Waals surface area contributed by atoms with Gasteiger partial charge in [0.25, 0.3) is 5.91 Å². The Hall–Kier alpha value is -3.52. The number of nitrogens with zero attached hydrogens (tertiary/aromatic N) is 3. The molecule has 0 spiro atoms. The summed E-state index contributed by atoms with van der Waals surface area (Å²) < 4.78 is 1.78. The highest BCUT2D eigenvalue weighted by molar-refractivity contribution is 7.13. The number of carbonyl (C=O) groups is 2. The first-order valence-corrected chi connectivity index (χ1v) is 10.0. The van der Waals surface area contributed by atoms with Crippen molar-refractivity contribution >= 4 is 45.6 Å². The van der Waals surface area contributed by atoms with Gasteiger partial charge in [0.1, 0.15) is 0 Å². The zero-order valence-corrected chi connectivity index (χ0v) is 16.8. The lowest BCUT2D eigenvalue weighted by Gasteiger charge is -2.09. The van der Waals surface area contributed by atoms with Crippen molar-refractivity contribution in [3.63, 3.8) is 0 Å². The van der Waals surface area contributed by atoms with Crippen LogP contribution >= 0.6 is 11.3 Å². The average Bonchev–Trinajstić information content (AvgIpc) is 3.38. The Labute approximate surface area is 171 Å². The molecule has 0 saturated carbocycles. The lowest BCUT2D eigenvalue weighted by Crippen LogP contribution is -2.13. The predicted octanol–water partition coefficient (Wildman–Crippen LogP) is 4.39. The molecule has 146 valence electrons. The highest BCUT2D eigenvalue weighted by atomic mass is 32.1. The largest absolute Gasteiger partial charge is 0.326 e. The molecule has 0 radical (unpaired) electrons. The van der Waals surface area contributed by atoms with Gasteiger partial charge in [-0.2, -0.15) is 5.10 Å². The van der Waals surface area contributed by atoms with E-state index in [1.165, 1.54) is 6.92 Å². The van der Waals surface area contributed by atoms with Crippen molar-refractivity contribution in [2.45, 2.75) is 20.4 Å². The second kappa shape index (κ2) is 7.84. The molecule has 4 aromatic rings. The molecule has 0 fully saturated rings. The molecule has 0 aliphatic heterocycles. The fourth-order valence-electron chi connectivity index (χ4n) is 3.06. The summed E-state index contributed by atoms with van der Waals surface area (Å²) in [5, 5.41) is 12.7. The van der Waals surface area contributed by atoms with E-state index in [0.29, 0.717) is 34.5 Å². The lowest BCUT2D eigenvalue weighted by atomic mass is 10.1. The van der Waals surface area contributed by atoms with Gasteiger partial charge in [-0.25, -0.2) is 9.67 Å². The highest BCUT2D eigenvalue weighted by Crippen LogP contribution is 2.28. The van der Waals surface area contributed by atoms with E-state index in [0.717, 1.165) is 10.6 Å². The van der Waals surface area contributed by atoms with Gasteiger partial charge in [0, 0.05) is 24.8 Å². The molecular formula is C21H19N5O2S. The zero-order valence-electron chi connectivity index (χ0n) is 16.0. The van der Waals surface area contributed by atoms with Crippen molar-refractivity contribution in [2.75, 3.05) is 10.6 Å². The summed E-state index contributed by atoms with van der Waals surface area (Å²) in [4.78, 5) is 29.9. The van der Waals surface area contributed by atoms with Crippen LogP contribution in [0, 0.1) is 0 Å². The second-order valence-corrected chi connectivity index (χ2v) is 7.39. The molecule has 4 rings (SSSR count). The summed E-state index contributed by atoms with van der Waals surface area (Å²) in [6.45, 7) is 4.10. The third-order valence-corrected chi connectivity index (χ3v) is 5.28. The Morgan fingerprint density at radius 1 is 1.10 bits per heavy atom. The van der Waals surface area contributed by atoms with Crippen molar-refractivity contribution in [2.24, 2.45) is 0 Å². The van der Waals surface area contributed by atoms with Gasteiger partial charge in [0.15, 0.2) is 5.65 Å². The van der Waals surface area contributed by atoms with E-state index in [4.69, 9.17) is 4.98 Å². The van der Waals surface area contributed by atoms with Crippen molar-refractivity contribution in [3.8, 4) is 10.6 Å². The Morgan fingerprint density at radius 3 is 2.45 bits per heavy atom. The summed E-state index contributed by atoms with van der Waals surface area (Å²) >= 11 is 1.57. The standard InChI is InChI=1S/C21H19N5O2S/c1-3-26-20-17(12-22-26)16(11-18(25-20)19-5-4-10-29-19)21(28)24-15-8-6-14(7-9-15)23-13(2)27/h4-12H,3H2,1-2H3,(H,23,27)(H,24,28). The number of pyridine rings is 1. The summed E-state index contributed by atoms with van der Waals surface area (Å²) in [7, 11) is 0. The first kappa shape index (κ1) is 18.8. The second-order valence-electron chi connectivity index (χ2n) is 6.44. The molecule has 0 atom stereocenters. The number of amides is 2. The summed E-state index contributed by atoms with van der Waals surface area (Å²) in [5.41, 5.74) is 3.25. The number of nitrogens with one attached hydrogen (secondary N) is 2. The van der Waals surface area contributed by atoms with Crippen molar-refractivity contribution < 1.29 is 9.59 Å². The molecule has 0 saturated heterocycles. The molecule has 2 N–H and O–H groups in total. The van der Waals surface area contributed by atoms with E-state index in [1.54, 1.807) is 52.5 Å². The minimum Gasteiger partial charge on any atom is -0.326 e. The van der Waals surface area contributed by atoms with Gasteiger partial charge in [0.05, 0.1) is 27.7 Å². The molecule has 0 aliphatic rings. The van der Waals surface area contributed by atoms with E-state index in [9.17, 15) is 9.59 Å². The molecule has 8 heteroatoms. The first-order valence-electron chi connectivity index (χ1n) is 9.14. The number of thiophene rings is 1. The van der Waals surface area contributed by atoms with Gasteiger partial charge >= 0.3 is 0 Å². The predicted molar refractivity (Wildman–Crippen MR) is 115 cm³/mol. The molecule has 29 heavy (non-hydrogen) atoms. The van der Waals surface area contributed by atoms with Crippen LogP contribution in [0.25, 0.3) is 21.6 Å². The van der Waals surface area contributed by atoms with Crippen molar-refractivity contribution in [1.29, 1.82) is 0 Å². The molecule has 0 aliphatic carbocycles. The first-order chi connectivity index (χ1) is 14.0. The van der Waals surface area contributed by atoms with Gasteiger partial charge < -0.3 is 10.6 Å². The molecular weight excluding hydrogens is 386 g/mol. The Kier molecular flexibility index (Phi) is 5.09. The van der Waals surface area contributed by atoms with Crippen LogP contribution in [0.4, 0.5) is 11.4 Å². The number of anilines is 2. The van der Waals surface area contributed by atoms with Crippen LogP contribution in [0.3, 0.4) is 0 Å². The number of benzene rings is 1. The van der Waals surface area contributed by atoms with E-state index in [2.05, 4.69) is 15.7 Å². The van der Waals surface area contributed by atoms with E-state index in [-0.39, 0.29) is 11.8 Å². The Balaban J connectivity index is 1.69. The van der Waals surface area contributed by atoms with Crippen LogP contribution < -0.4 is 10.6 Å². The maximum absolute atomic E-state index is 13.1. The number of rotatable bonds is 5. The minimum absolute atomic E-state index is 0.144. The van der Waals surface area contributed by atoms with E-state index < -0.39 is 0 Å². The normalized spacial score (nSPS) is 10.8. The number of hydrogen-bond acceptors (Lipinski definition) is 5. The maximum atomic E-state index is 13.1. The SMILES string of the molecule is CCn1ncc2c(C(=O)Nc3ccc(NC(C)=O)cc3)cc(-c3cccs3)nc21. The molecule has 3 heterocycles. The van der Waals surface area contributed by atoms with Gasteiger partial charge in [-0.15, -0.1) is 11.3 Å². The summed E-state index contributed by atoms with van der Waals surface area (Å²) in [6.07, 6.45) is 1.68. The Bertz CT molecular complexity index is 1180. The van der Waals surface area contributed by atoms with Gasteiger partial charge in [-0.1, -0.05) is 6.07 Å². The number of fused-ring (bicyclic) bond motifs is 1. The quantitative estimate of drug-likeness (QED) is 0.515. The minimum atomic E-state index is -0.238. The molecule has 1 aromatic carbocycles. The number of hydrogen-bond donors (Lipinski definition) is 2. The van der Waals surface area contributed by atoms with Crippen LogP contribution in [0.5, 0.6) is 0 Å². The van der Waals surface area contributed by atoms with Crippen LogP contribution in [-0.4, -0.2) is 26.6 Å². The molecule has 2 amide bonds. The van der Waals surface area contributed by atoms with E-state index in [1.807, 2.05) is 24.4 Å². The van der Waals surface area contributed by atoms with Gasteiger partial charge in [-0.3, -0.25) is 9.59 Å². The highest BCUT2D eigenvalue weighted by Gasteiger charge is 2.18.